The number of carbonyl (C=O) groups excluding carboxylic acids is 1. The normalized spacial score (nSPS) is 11.4. The number of hydrogen-bond donors (Lipinski definition) is 1. The Morgan fingerprint density at radius 1 is 0.977 bits per heavy atom. The van der Waals surface area contributed by atoms with Crippen molar-refractivity contribution in [2.75, 3.05) is 18.0 Å². The van der Waals surface area contributed by atoms with Crippen LogP contribution in [0.15, 0.2) is 97.8 Å². The summed E-state index contributed by atoms with van der Waals surface area (Å²) in [6.07, 6.45) is 1.41. The van der Waals surface area contributed by atoms with Crippen molar-refractivity contribution in [2.45, 2.75) is 18.4 Å². The van der Waals surface area contributed by atoms with Crippen LogP contribution in [0.4, 0.5) is 5.69 Å². The van der Waals surface area contributed by atoms with Crippen molar-refractivity contribution in [3.05, 3.63) is 115 Å². The Kier molecular flexibility index (Phi) is 11.1. The van der Waals surface area contributed by atoms with E-state index >= 15 is 0 Å². The van der Waals surface area contributed by atoms with Crippen LogP contribution in [0.5, 0.6) is 11.5 Å². The molecule has 0 unspecified atom stereocenters. The van der Waals surface area contributed by atoms with Crippen LogP contribution >= 0.6 is 55.1 Å². The molecule has 4 rings (SSSR count). The molecule has 0 aromatic heterocycles. The Morgan fingerprint density at radius 2 is 1.67 bits per heavy atom. The van der Waals surface area contributed by atoms with Gasteiger partial charge in [0.2, 0.25) is 0 Å². The average Bonchev–Trinajstić information content (AvgIpc) is 2.97. The molecule has 0 saturated carbocycles. The Labute approximate surface area is 276 Å². The van der Waals surface area contributed by atoms with Gasteiger partial charge in [-0.1, -0.05) is 62.9 Å². The topological polar surface area (TPSA) is 97.3 Å². The van der Waals surface area contributed by atoms with E-state index in [1.165, 1.54) is 25.5 Å². The van der Waals surface area contributed by atoms with E-state index in [4.69, 9.17) is 32.7 Å². The number of sulfonamides is 1. The minimum Gasteiger partial charge on any atom is -0.493 e. The molecule has 0 atom stereocenters. The number of hydrogen-bond acceptors (Lipinski definition) is 6. The maximum absolute atomic E-state index is 13.5. The summed E-state index contributed by atoms with van der Waals surface area (Å²) in [7, 11) is -2.55. The van der Waals surface area contributed by atoms with Crippen molar-refractivity contribution in [1.82, 2.24) is 5.43 Å². The summed E-state index contributed by atoms with van der Waals surface area (Å²) >= 11 is 18.9. The van der Waals surface area contributed by atoms with Gasteiger partial charge in [0.15, 0.2) is 11.5 Å². The molecule has 8 nitrogen and oxygen atoms in total. The zero-order chi connectivity index (χ0) is 31.1. The van der Waals surface area contributed by atoms with E-state index in [0.717, 1.165) is 19.9 Å². The number of halogens is 4. The lowest BCUT2D eigenvalue weighted by atomic mass is 10.2. The summed E-state index contributed by atoms with van der Waals surface area (Å²) in [4.78, 5) is 13.0. The summed E-state index contributed by atoms with van der Waals surface area (Å²) in [6, 6.07) is 21.7. The van der Waals surface area contributed by atoms with Crippen molar-refractivity contribution in [3.8, 4) is 11.5 Å². The van der Waals surface area contributed by atoms with Crippen LogP contribution in [0.1, 0.15) is 16.7 Å². The Hall–Kier alpha value is -3.09. The SMILES string of the molecule is COc1cc(/C=N\NC(=O)CN(c2ccc(Br)cc2)S(=O)(=O)c2ccc(C)cc2)cc(Br)c1OCc1ccc(Cl)c(Cl)c1. The smallest absolute Gasteiger partial charge is 0.264 e. The molecule has 0 radical (unpaired) electrons. The van der Waals surface area contributed by atoms with Gasteiger partial charge in [-0.3, -0.25) is 9.10 Å². The molecule has 0 fully saturated rings. The van der Waals surface area contributed by atoms with Crippen molar-refractivity contribution < 1.29 is 22.7 Å². The molecule has 0 spiro atoms. The third-order valence-electron chi connectivity index (χ3n) is 6.03. The average molecular weight is 770 g/mol. The van der Waals surface area contributed by atoms with Gasteiger partial charge in [0.05, 0.1) is 38.4 Å². The molecule has 4 aromatic rings. The molecule has 0 aliphatic carbocycles. The predicted octanol–water partition coefficient (Wildman–Crippen LogP) is 7.76. The summed E-state index contributed by atoms with van der Waals surface area (Å²) in [6.45, 7) is 1.58. The fourth-order valence-electron chi connectivity index (χ4n) is 3.84. The van der Waals surface area contributed by atoms with Crippen molar-refractivity contribution in [3.63, 3.8) is 0 Å². The number of nitrogens with zero attached hydrogens (tertiary/aromatic N) is 2. The molecule has 0 bridgehead atoms. The minimum absolute atomic E-state index is 0.0655. The van der Waals surface area contributed by atoms with E-state index in [-0.39, 0.29) is 11.5 Å². The second-order valence-electron chi connectivity index (χ2n) is 9.17. The lowest BCUT2D eigenvalue weighted by Crippen LogP contribution is -2.39. The van der Waals surface area contributed by atoms with Gasteiger partial charge in [-0.15, -0.1) is 0 Å². The molecular weight excluding hydrogens is 745 g/mol. The van der Waals surface area contributed by atoms with E-state index in [2.05, 4.69) is 42.4 Å². The molecule has 0 aliphatic rings. The number of ether oxygens (including phenoxy) is 2. The van der Waals surface area contributed by atoms with Gasteiger partial charge in [0, 0.05) is 4.47 Å². The van der Waals surface area contributed by atoms with Crippen molar-refractivity contribution >= 4 is 82.9 Å². The molecule has 4 aromatic carbocycles. The highest BCUT2D eigenvalue weighted by Gasteiger charge is 2.27. The first-order valence-corrected chi connectivity index (χ1v) is 16.4. The number of methoxy groups -OCH3 is 1. The second kappa shape index (κ2) is 14.6. The van der Waals surface area contributed by atoms with Crippen LogP contribution < -0.4 is 19.2 Å². The molecule has 1 N–H and O–H groups in total. The van der Waals surface area contributed by atoms with Crippen molar-refractivity contribution in [2.24, 2.45) is 5.10 Å². The van der Waals surface area contributed by atoms with Crippen LogP contribution in [0.2, 0.25) is 10.0 Å². The molecule has 13 heteroatoms. The van der Waals surface area contributed by atoms with Crippen LogP contribution in [0.3, 0.4) is 0 Å². The van der Waals surface area contributed by atoms with Gasteiger partial charge >= 0.3 is 0 Å². The number of anilines is 1. The lowest BCUT2D eigenvalue weighted by Gasteiger charge is -2.23. The van der Waals surface area contributed by atoms with Gasteiger partial charge in [-0.05, 0) is 94.6 Å². The Balaban J connectivity index is 1.48. The number of carbonyl (C=O) groups is 1. The van der Waals surface area contributed by atoms with Crippen LogP contribution in [0.25, 0.3) is 0 Å². The summed E-state index contributed by atoms with van der Waals surface area (Å²) in [5.41, 5.74) is 5.05. The summed E-state index contributed by atoms with van der Waals surface area (Å²) < 4.78 is 40.9. The minimum atomic E-state index is -4.05. The molecule has 1 amide bonds. The van der Waals surface area contributed by atoms with Crippen LogP contribution in [-0.2, 0) is 21.4 Å². The Morgan fingerprint density at radius 3 is 2.33 bits per heavy atom. The van der Waals surface area contributed by atoms with E-state index in [9.17, 15) is 13.2 Å². The summed E-state index contributed by atoms with van der Waals surface area (Å²) in [5, 5.41) is 4.91. The molecule has 43 heavy (non-hydrogen) atoms. The number of amides is 1. The predicted molar refractivity (Wildman–Crippen MR) is 177 cm³/mol. The number of aryl methyl sites for hydroxylation is 1. The largest absolute Gasteiger partial charge is 0.493 e. The van der Waals surface area contributed by atoms with Gasteiger partial charge < -0.3 is 9.47 Å². The van der Waals surface area contributed by atoms with E-state index in [1.807, 2.05) is 13.0 Å². The highest BCUT2D eigenvalue weighted by molar-refractivity contribution is 9.10. The number of benzene rings is 4. The third kappa shape index (κ3) is 8.51. The second-order valence-corrected chi connectivity index (χ2v) is 13.6. The van der Waals surface area contributed by atoms with Gasteiger partial charge in [0.1, 0.15) is 13.2 Å². The third-order valence-corrected chi connectivity index (χ3v) is 9.68. The first kappa shape index (κ1) is 32.8. The van der Waals surface area contributed by atoms with Gasteiger partial charge in [-0.25, -0.2) is 13.8 Å². The standard InChI is InChI=1S/C30H25Br2Cl2N3O5S/c1-19-3-10-24(11-4-19)43(39,40)37(23-8-6-22(31)7-9-23)17-29(38)36-35-16-21-13-25(32)30(28(15-21)41-2)42-18-20-5-12-26(33)27(34)14-20/h3-16H,17-18H2,1-2H3,(H,36,38)/b35-16-. The Bertz CT molecular complexity index is 1750. The van der Waals surface area contributed by atoms with E-state index in [0.29, 0.717) is 37.3 Å². The zero-order valence-corrected chi connectivity index (χ0v) is 28.4. The monoisotopic (exact) mass is 767 g/mol. The van der Waals surface area contributed by atoms with Crippen LogP contribution in [0, 0.1) is 6.92 Å². The van der Waals surface area contributed by atoms with Crippen molar-refractivity contribution in [1.29, 1.82) is 0 Å². The molecular formula is C30H25Br2Cl2N3O5S. The zero-order valence-electron chi connectivity index (χ0n) is 22.9. The highest BCUT2D eigenvalue weighted by Crippen LogP contribution is 2.37. The first-order valence-electron chi connectivity index (χ1n) is 12.6. The number of rotatable bonds is 11. The van der Waals surface area contributed by atoms with Crippen LogP contribution in [-0.4, -0.2) is 34.2 Å². The van der Waals surface area contributed by atoms with Gasteiger partial charge in [0.25, 0.3) is 15.9 Å². The molecule has 0 saturated heterocycles. The number of nitrogens with one attached hydrogen (secondary N) is 1. The maximum Gasteiger partial charge on any atom is 0.264 e. The lowest BCUT2D eigenvalue weighted by molar-refractivity contribution is -0.119. The fourth-order valence-corrected chi connectivity index (χ4v) is 6.42. The van der Waals surface area contributed by atoms with E-state index < -0.39 is 22.5 Å². The quantitative estimate of drug-likeness (QED) is 0.124. The number of hydrazone groups is 1. The highest BCUT2D eigenvalue weighted by atomic mass is 79.9. The first-order chi connectivity index (χ1) is 20.5. The maximum atomic E-state index is 13.5. The van der Waals surface area contributed by atoms with Gasteiger partial charge in [-0.2, -0.15) is 5.10 Å². The van der Waals surface area contributed by atoms with E-state index in [1.54, 1.807) is 60.7 Å². The fraction of sp³-hybridized carbons (Fsp3) is 0.133. The molecule has 0 aliphatic heterocycles. The summed E-state index contributed by atoms with van der Waals surface area (Å²) in [5.74, 6) is 0.247. The molecule has 0 heterocycles. The molecule has 224 valence electrons.